The highest BCUT2D eigenvalue weighted by Gasteiger charge is 2.20. The third kappa shape index (κ3) is 2.40. The van der Waals surface area contributed by atoms with Gasteiger partial charge in [0.1, 0.15) is 9.52 Å². The molecule has 0 bridgehead atoms. The van der Waals surface area contributed by atoms with Gasteiger partial charge in [-0.25, -0.2) is 17.6 Å². The Hall–Kier alpha value is -0.263. The standard InChI is InChI=1S/C7H4Cl2F4Si/c8-7(9)14-6-4(12)2(10)1-3(11)5(6)13/h1,7H,14H2. The molecule has 1 aromatic carbocycles. The van der Waals surface area contributed by atoms with E-state index < -0.39 is 42.4 Å². The summed E-state index contributed by atoms with van der Waals surface area (Å²) in [4.78, 5) is 0. The number of hydrogen-bond donors (Lipinski definition) is 0. The van der Waals surface area contributed by atoms with Gasteiger partial charge in [0, 0.05) is 11.3 Å². The summed E-state index contributed by atoms with van der Waals surface area (Å²) in [6, 6.07) is 0.153. The van der Waals surface area contributed by atoms with Gasteiger partial charge in [0.25, 0.3) is 0 Å². The minimum absolute atomic E-state index is 0.153. The quantitative estimate of drug-likeness (QED) is 0.330. The molecule has 1 rings (SSSR count). The van der Waals surface area contributed by atoms with Crippen LogP contribution in [0.3, 0.4) is 0 Å². The van der Waals surface area contributed by atoms with Gasteiger partial charge in [0.15, 0.2) is 23.3 Å². The zero-order valence-electron chi connectivity index (χ0n) is 6.63. The molecular formula is C7H4Cl2F4Si. The van der Waals surface area contributed by atoms with Crippen LogP contribution in [-0.2, 0) is 0 Å². The fourth-order valence-electron chi connectivity index (χ4n) is 0.956. The maximum absolute atomic E-state index is 12.9. The van der Waals surface area contributed by atoms with E-state index in [1.807, 2.05) is 0 Å². The molecule has 1 aromatic rings. The van der Waals surface area contributed by atoms with Crippen molar-refractivity contribution in [1.29, 1.82) is 0 Å². The average Bonchev–Trinajstić information content (AvgIpc) is 2.09. The summed E-state index contributed by atoms with van der Waals surface area (Å²) in [6.07, 6.45) is 0. The molecule has 0 aliphatic rings. The Bertz CT molecular complexity index is 330. The number of benzene rings is 1. The number of hydrogen-bond acceptors (Lipinski definition) is 0. The van der Waals surface area contributed by atoms with Gasteiger partial charge in [-0.3, -0.25) is 0 Å². The van der Waals surface area contributed by atoms with Crippen molar-refractivity contribution in [2.75, 3.05) is 0 Å². The van der Waals surface area contributed by atoms with Crippen LogP contribution in [0, 0.1) is 23.3 Å². The molecule has 0 saturated carbocycles. The molecule has 0 aliphatic carbocycles. The molecule has 0 radical (unpaired) electrons. The van der Waals surface area contributed by atoms with E-state index in [0.29, 0.717) is 0 Å². The van der Waals surface area contributed by atoms with Crippen molar-refractivity contribution >= 4 is 37.9 Å². The van der Waals surface area contributed by atoms with Crippen molar-refractivity contribution in [3.05, 3.63) is 29.3 Å². The van der Waals surface area contributed by atoms with E-state index in [1.54, 1.807) is 0 Å². The predicted molar refractivity (Wildman–Crippen MR) is 49.9 cm³/mol. The largest absolute Gasteiger partial charge is 0.204 e. The molecule has 0 atom stereocenters. The van der Waals surface area contributed by atoms with E-state index in [0.717, 1.165) is 0 Å². The molecule has 0 aliphatic heterocycles. The van der Waals surface area contributed by atoms with Crippen LogP contribution in [0.1, 0.15) is 0 Å². The van der Waals surface area contributed by atoms with Crippen LogP contribution in [0.5, 0.6) is 0 Å². The minimum Gasteiger partial charge on any atom is -0.204 e. The Kier molecular flexibility index (Phi) is 3.80. The first-order valence-electron chi connectivity index (χ1n) is 3.53. The van der Waals surface area contributed by atoms with Crippen LogP contribution >= 0.6 is 23.2 Å². The normalized spacial score (nSPS) is 11.9. The van der Waals surface area contributed by atoms with Crippen molar-refractivity contribution in [2.24, 2.45) is 0 Å². The zero-order valence-corrected chi connectivity index (χ0v) is 9.56. The summed E-state index contributed by atoms with van der Waals surface area (Å²) in [5.41, 5.74) is 0. The molecule has 0 nitrogen and oxygen atoms in total. The van der Waals surface area contributed by atoms with Gasteiger partial charge in [-0.2, -0.15) is 0 Å². The molecule has 0 unspecified atom stereocenters. The van der Waals surface area contributed by atoms with Crippen LogP contribution in [0.25, 0.3) is 0 Å². The molecule has 0 amide bonds. The second-order valence-electron chi connectivity index (χ2n) is 2.54. The monoisotopic (exact) mass is 262 g/mol. The van der Waals surface area contributed by atoms with E-state index in [4.69, 9.17) is 23.2 Å². The summed E-state index contributed by atoms with van der Waals surface area (Å²) in [5.74, 6) is -5.66. The van der Waals surface area contributed by atoms with Crippen LogP contribution in [-0.4, -0.2) is 14.0 Å². The molecule has 0 aromatic heterocycles. The summed E-state index contributed by atoms with van der Waals surface area (Å²) in [7, 11) is -1.78. The highest BCUT2D eigenvalue weighted by Crippen LogP contribution is 2.11. The molecule has 0 N–H and O–H groups in total. The average molecular weight is 263 g/mol. The highest BCUT2D eigenvalue weighted by molar-refractivity contribution is 6.75. The lowest BCUT2D eigenvalue weighted by atomic mass is 10.3. The number of alkyl halides is 2. The van der Waals surface area contributed by atoms with E-state index in [2.05, 4.69) is 0 Å². The second kappa shape index (κ2) is 4.50. The third-order valence-corrected chi connectivity index (χ3v) is 3.82. The van der Waals surface area contributed by atoms with Gasteiger partial charge in [-0.05, 0) is 0 Å². The second-order valence-corrected chi connectivity index (χ2v) is 6.79. The minimum atomic E-state index is -1.78. The van der Waals surface area contributed by atoms with Gasteiger partial charge >= 0.3 is 0 Å². The smallest absolute Gasteiger partial charge is 0.161 e. The molecule has 0 spiro atoms. The lowest BCUT2D eigenvalue weighted by Crippen LogP contribution is -2.29. The molecule has 14 heavy (non-hydrogen) atoms. The fraction of sp³-hybridized carbons (Fsp3) is 0.143. The van der Waals surface area contributed by atoms with Gasteiger partial charge in [0.2, 0.25) is 0 Å². The summed E-state index contributed by atoms with van der Waals surface area (Å²) in [5, 5.41) is -0.641. The van der Waals surface area contributed by atoms with E-state index >= 15 is 0 Å². The lowest BCUT2D eigenvalue weighted by Gasteiger charge is -2.06. The highest BCUT2D eigenvalue weighted by atomic mass is 35.5. The first-order valence-corrected chi connectivity index (χ1v) is 5.93. The van der Waals surface area contributed by atoms with Crippen LogP contribution in [0.15, 0.2) is 6.07 Å². The van der Waals surface area contributed by atoms with Crippen LogP contribution in [0.2, 0.25) is 0 Å². The van der Waals surface area contributed by atoms with Gasteiger partial charge in [-0.15, -0.1) is 23.2 Å². The SMILES string of the molecule is Fc1cc(F)c(F)c([SiH2]C(Cl)Cl)c1F. The maximum Gasteiger partial charge on any atom is 0.161 e. The first-order chi connectivity index (χ1) is 6.43. The molecule has 0 heterocycles. The summed E-state index contributed by atoms with van der Waals surface area (Å²) < 4.78 is 50.1. The van der Waals surface area contributed by atoms with Crippen LogP contribution < -0.4 is 5.19 Å². The molecule has 78 valence electrons. The Labute approximate surface area is 89.6 Å². The Morgan fingerprint density at radius 3 is 1.79 bits per heavy atom. The van der Waals surface area contributed by atoms with Crippen molar-refractivity contribution in [2.45, 2.75) is 4.46 Å². The van der Waals surface area contributed by atoms with E-state index in [9.17, 15) is 17.6 Å². The van der Waals surface area contributed by atoms with E-state index in [1.165, 1.54) is 0 Å². The predicted octanol–water partition coefficient (Wildman–Crippen LogP) is 1.80. The summed E-state index contributed by atoms with van der Waals surface area (Å²) in [6.45, 7) is 0. The Morgan fingerprint density at radius 2 is 1.43 bits per heavy atom. The Morgan fingerprint density at radius 1 is 1.00 bits per heavy atom. The number of halogens is 6. The molecule has 0 fully saturated rings. The lowest BCUT2D eigenvalue weighted by molar-refractivity contribution is 0.463. The topological polar surface area (TPSA) is 0 Å². The van der Waals surface area contributed by atoms with Crippen molar-refractivity contribution < 1.29 is 17.6 Å². The van der Waals surface area contributed by atoms with E-state index in [-0.39, 0.29) is 6.07 Å². The van der Waals surface area contributed by atoms with Crippen molar-refractivity contribution in [3.63, 3.8) is 0 Å². The third-order valence-electron chi connectivity index (χ3n) is 1.56. The summed E-state index contributed by atoms with van der Waals surface area (Å²) >= 11 is 10.6. The van der Waals surface area contributed by atoms with Crippen LogP contribution in [0.4, 0.5) is 17.6 Å². The van der Waals surface area contributed by atoms with Crippen molar-refractivity contribution in [3.8, 4) is 0 Å². The van der Waals surface area contributed by atoms with Crippen molar-refractivity contribution in [1.82, 2.24) is 0 Å². The number of rotatable bonds is 2. The maximum atomic E-state index is 12.9. The molecule has 7 heteroatoms. The first kappa shape index (κ1) is 11.8. The Balaban J connectivity index is 3.25. The molecular weight excluding hydrogens is 259 g/mol. The zero-order chi connectivity index (χ0) is 10.9. The van der Waals surface area contributed by atoms with Gasteiger partial charge < -0.3 is 0 Å². The van der Waals surface area contributed by atoms with Gasteiger partial charge in [-0.1, -0.05) is 0 Å². The fourth-order valence-corrected chi connectivity index (χ4v) is 2.89. The van der Waals surface area contributed by atoms with Gasteiger partial charge in [0.05, 0.1) is 4.46 Å². The molecule has 0 saturated heterocycles.